The molecule has 0 aliphatic carbocycles. The Labute approximate surface area is 201 Å². The van der Waals surface area contributed by atoms with Crippen molar-refractivity contribution < 1.29 is 28.6 Å². The minimum Gasteiger partial charge on any atom is -0.357 e. The zero-order valence-electron chi connectivity index (χ0n) is 20.5. The molecule has 2 rings (SSSR count). The van der Waals surface area contributed by atoms with Gasteiger partial charge in [0.15, 0.2) is 0 Å². The summed E-state index contributed by atoms with van der Waals surface area (Å²) in [7, 11) is -2.61. The number of hydrogen-bond donors (Lipinski definition) is 3. The zero-order chi connectivity index (χ0) is 25.6. The van der Waals surface area contributed by atoms with Gasteiger partial charge in [-0.05, 0) is 36.3 Å². The Morgan fingerprint density at radius 2 is 1.68 bits per heavy atom. The highest BCUT2D eigenvalue weighted by atomic mass is 31.2. The second-order valence-corrected chi connectivity index (χ2v) is 12.1. The molecule has 0 bridgehead atoms. The summed E-state index contributed by atoms with van der Waals surface area (Å²) >= 11 is 0. The molecule has 0 aromatic heterocycles. The zero-order valence-corrected chi connectivity index (χ0v) is 21.4. The molecular formula is C24H36N3O6P. The average Bonchev–Trinajstić information content (AvgIpc) is 2.74. The molecule has 34 heavy (non-hydrogen) atoms. The van der Waals surface area contributed by atoms with E-state index >= 15 is 0 Å². The van der Waals surface area contributed by atoms with Crippen LogP contribution in [0, 0.1) is 17.8 Å². The lowest BCUT2D eigenvalue weighted by Crippen LogP contribution is -2.49. The maximum Gasteiger partial charge on any atom is 0.261 e. The number of imide groups is 1. The quantitative estimate of drug-likeness (QED) is 0.320. The van der Waals surface area contributed by atoms with E-state index in [1.807, 2.05) is 27.7 Å². The third-order valence-corrected chi connectivity index (χ3v) is 7.45. The van der Waals surface area contributed by atoms with Crippen molar-refractivity contribution in [2.75, 3.05) is 19.5 Å². The van der Waals surface area contributed by atoms with Crippen molar-refractivity contribution in [3.8, 4) is 0 Å². The number of benzene rings is 1. The largest absolute Gasteiger partial charge is 0.357 e. The van der Waals surface area contributed by atoms with Gasteiger partial charge in [0.25, 0.3) is 5.91 Å². The van der Waals surface area contributed by atoms with Crippen LogP contribution >= 0.6 is 7.37 Å². The molecule has 0 saturated heterocycles. The number of nitrogens with zero attached hydrogens (tertiary/aromatic N) is 1. The van der Waals surface area contributed by atoms with E-state index in [0.717, 1.165) is 4.90 Å². The summed E-state index contributed by atoms with van der Waals surface area (Å²) in [6.45, 7) is 7.64. The molecule has 1 aromatic carbocycles. The number of fused-ring (bicyclic) bond motifs is 1. The van der Waals surface area contributed by atoms with Crippen molar-refractivity contribution in [2.45, 2.75) is 53.0 Å². The highest BCUT2D eigenvalue weighted by molar-refractivity contribution is 7.58. The first-order valence-electron chi connectivity index (χ1n) is 11.6. The molecule has 4 amide bonds. The van der Waals surface area contributed by atoms with Crippen LogP contribution in [-0.4, -0.2) is 59.0 Å². The monoisotopic (exact) mass is 493 g/mol. The van der Waals surface area contributed by atoms with E-state index in [1.54, 1.807) is 24.3 Å². The van der Waals surface area contributed by atoms with Gasteiger partial charge >= 0.3 is 0 Å². The number of rotatable bonds is 11. The lowest BCUT2D eigenvalue weighted by atomic mass is 9.96. The summed E-state index contributed by atoms with van der Waals surface area (Å²) in [5.41, 5.74) is 0.921. The average molecular weight is 494 g/mol. The van der Waals surface area contributed by atoms with Gasteiger partial charge < -0.3 is 15.5 Å². The van der Waals surface area contributed by atoms with Crippen molar-refractivity contribution in [1.29, 1.82) is 0 Å². The standard InChI is InChI=1S/C24H36N3O6P/c1-15(2)10-18(22(29)26-20(11-16(3)4)23(30)25-5)13-34(32,33)14-27-21(28)12-17-8-6-7-9-19(17)24(27)31/h6-9,15-16,18,20H,10-14H2,1-5H3,(H,25,30)(H,26,29)(H,32,33)/t18-,20+/m1/s1. The highest BCUT2D eigenvalue weighted by Gasteiger charge is 2.38. The molecule has 188 valence electrons. The van der Waals surface area contributed by atoms with Crippen molar-refractivity contribution in [2.24, 2.45) is 17.8 Å². The van der Waals surface area contributed by atoms with Gasteiger partial charge in [-0.1, -0.05) is 45.9 Å². The van der Waals surface area contributed by atoms with Gasteiger partial charge in [0.1, 0.15) is 12.3 Å². The number of amides is 4. The van der Waals surface area contributed by atoms with Gasteiger partial charge in [0.05, 0.1) is 6.42 Å². The molecule has 9 nitrogen and oxygen atoms in total. The first kappa shape index (κ1) is 27.7. The molecule has 0 spiro atoms. The van der Waals surface area contributed by atoms with Crippen molar-refractivity contribution in [1.82, 2.24) is 15.5 Å². The first-order chi connectivity index (χ1) is 15.8. The maximum absolute atomic E-state index is 13.2. The topological polar surface area (TPSA) is 133 Å². The molecule has 1 aliphatic heterocycles. The predicted octanol–water partition coefficient (Wildman–Crippen LogP) is 2.38. The van der Waals surface area contributed by atoms with Crippen LogP contribution in [0.4, 0.5) is 0 Å². The number of likely N-dealkylation sites (N-methyl/N-ethyl adjacent to an activating group) is 1. The number of carbonyl (C=O) groups is 4. The molecule has 3 atom stereocenters. The number of hydrogen-bond acceptors (Lipinski definition) is 5. The van der Waals surface area contributed by atoms with E-state index in [-0.39, 0.29) is 24.2 Å². The summed E-state index contributed by atoms with van der Waals surface area (Å²) in [6.07, 6.45) is -0.319. The highest BCUT2D eigenvalue weighted by Crippen LogP contribution is 2.45. The molecule has 3 N–H and O–H groups in total. The fourth-order valence-corrected chi connectivity index (χ4v) is 6.01. The van der Waals surface area contributed by atoms with Crippen LogP contribution in [0.3, 0.4) is 0 Å². The van der Waals surface area contributed by atoms with Crippen LogP contribution in [0.5, 0.6) is 0 Å². The second kappa shape index (κ2) is 11.8. The Kier molecular flexibility index (Phi) is 9.59. The van der Waals surface area contributed by atoms with Crippen LogP contribution in [-0.2, 0) is 25.4 Å². The van der Waals surface area contributed by atoms with Gasteiger partial charge in [-0.15, -0.1) is 0 Å². The third-order valence-electron chi connectivity index (χ3n) is 5.72. The summed E-state index contributed by atoms with van der Waals surface area (Å²) < 4.78 is 13.2. The van der Waals surface area contributed by atoms with Crippen molar-refractivity contribution in [3.63, 3.8) is 0 Å². The normalized spacial score (nSPS) is 17.2. The van der Waals surface area contributed by atoms with Gasteiger partial charge in [-0.25, -0.2) is 0 Å². The van der Waals surface area contributed by atoms with E-state index in [9.17, 15) is 28.6 Å². The van der Waals surface area contributed by atoms with Crippen molar-refractivity contribution >= 4 is 31.0 Å². The van der Waals surface area contributed by atoms with Crippen LogP contribution in [0.15, 0.2) is 24.3 Å². The predicted molar refractivity (Wildman–Crippen MR) is 129 cm³/mol. The molecule has 0 radical (unpaired) electrons. The van der Waals surface area contributed by atoms with Gasteiger partial charge in [0.2, 0.25) is 25.1 Å². The summed E-state index contributed by atoms with van der Waals surface area (Å²) in [5.74, 6) is -2.63. The molecule has 1 aromatic rings. The Morgan fingerprint density at radius 1 is 1.06 bits per heavy atom. The fraction of sp³-hybridized carbons (Fsp3) is 0.583. The molecular weight excluding hydrogens is 457 g/mol. The van der Waals surface area contributed by atoms with Crippen molar-refractivity contribution in [3.05, 3.63) is 35.4 Å². The Balaban J connectivity index is 2.18. The number of nitrogens with one attached hydrogen (secondary N) is 2. The molecule has 1 unspecified atom stereocenters. The Hall–Kier alpha value is -2.51. The van der Waals surface area contributed by atoms with Gasteiger partial charge in [-0.2, -0.15) is 0 Å². The lowest BCUT2D eigenvalue weighted by molar-refractivity contribution is -0.131. The van der Waals surface area contributed by atoms with E-state index in [4.69, 9.17) is 0 Å². The molecule has 1 aliphatic rings. The summed E-state index contributed by atoms with van der Waals surface area (Å²) in [4.78, 5) is 62.3. The molecule has 1 heterocycles. The minimum atomic E-state index is -4.09. The van der Waals surface area contributed by atoms with Gasteiger partial charge in [-0.3, -0.25) is 28.6 Å². The van der Waals surface area contributed by atoms with E-state index < -0.39 is 49.5 Å². The molecule has 0 saturated carbocycles. The van der Waals surface area contributed by atoms with Crippen LogP contribution in [0.2, 0.25) is 0 Å². The second-order valence-electron chi connectivity index (χ2n) is 9.76. The smallest absolute Gasteiger partial charge is 0.261 e. The first-order valence-corrected chi connectivity index (χ1v) is 13.6. The van der Waals surface area contributed by atoms with Crippen LogP contribution in [0.1, 0.15) is 56.5 Å². The maximum atomic E-state index is 13.2. The molecule has 10 heteroatoms. The third kappa shape index (κ3) is 7.50. The van der Waals surface area contributed by atoms with Gasteiger partial charge in [0, 0.05) is 24.7 Å². The van der Waals surface area contributed by atoms with Crippen LogP contribution < -0.4 is 10.6 Å². The number of carbonyl (C=O) groups excluding carboxylic acids is 4. The summed E-state index contributed by atoms with van der Waals surface area (Å²) in [5, 5.41) is 5.27. The SMILES string of the molecule is CNC(=O)[C@H](CC(C)C)NC(=O)[C@H](CC(C)C)CP(=O)(O)CN1C(=O)Cc2ccccc2C1=O. The van der Waals surface area contributed by atoms with E-state index in [0.29, 0.717) is 24.0 Å². The minimum absolute atomic E-state index is 0.0270. The molecule has 0 fully saturated rings. The van der Waals surface area contributed by atoms with Crippen LogP contribution in [0.25, 0.3) is 0 Å². The van der Waals surface area contributed by atoms with E-state index in [2.05, 4.69) is 10.6 Å². The summed E-state index contributed by atoms with van der Waals surface area (Å²) in [6, 6.07) is 5.91. The lowest BCUT2D eigenvalue weighted by Gasteiger charge is -2.30. The fourth-order valence-electron chi connectivity index (χ4n) is 4.17. The Bertz CT molecular complexity index is 977. The Morgan fingerprint density at radius 3 is 2.26 bits per heavy atom. The van der Waals surface area contributed by atoms with E-state index in [1.165, 1.54) is 7.05 Å².